The van der Waals surface area contributed by atoms with Crippen molar-refractivity contribution in [2.75, 3.05) is 19.6 Å². The summed E-state index contributed by atoms with van der Waals surface area (Å²) in [5.74, 6) is 1.06. The number of halogens is 2. The van der Waals surface area contributed by atoms with Gasteiger partial charge >= 0.3 is 0 Å². The number of aromatic nitrogens is 3. The van der Waals surface area contributed by atoms with Crippen LogP contribution in [0.4, 0.5) is 0 Å². The second-order valence-electron chi connectivity index (χ2n) is 7.42. The van der Waals surface area contributed by atoms with Crippen LogP contribution in [0.1, 0.15) is 29.4 Å². The Bertz CT molecular complexity index is 810. The van der Waals surface area contributed by atoms with Gasteiger partial charge in [0, 0.05) is 56.9 Å². The molecule has 0 spiro atoms. The highest BCUT2D eigenvalue weighted by molar-refractivity contribution is 5.85. The van der Waals surface area contributed by atoms with Gasteiger partial charge in [-0.3, -0.25) is 14.4 Å². The molecule has 3 aliphatic rings. The van der Waals surface area contributed by atoms with Gasteiger partial charge in [0.25, 0.3) is 5.56 Å². The monoisotopic (exact) mass is 397 g/mol. The van der Waals surface area contributed by atoms with Gasteiger partial charge in [0.1, 0.15) is 0 Å². The van der Waals surface area contributed by atoms with E-state index in [0.29, 0.717) is 11.8 Å². The third kappa shape index (κ3) is 3.43. The van der Waals surface area contributed by atoms with Crippen molar-refractivity contribution < 1.29 is 0 Å². The zero-order valence-corrected chi connectivity index (χ0v) is 16.3. The van der Waals surface area contributed by atoms with Crippen LogP contribution in [-0.4, -0.2) is 38.9 Å². The summed E-state index contributed by atoms with van der Waals surface area (Å²) in [5.41, 5.74) is 3.85. The maximum Gasteiger partial charge on any atom is 0.250 e. The van der Waals surface area contributed by atoms with Crippen molar-refractivity contribution in [3.05, 3.63) is 51.7 Å². The van der Waals surface area contributed by atoms with Crippen molar-refractivity contribution >= 4 is 24.8 Å². The fourth-order valence-electron chi connectivity index (χ4n) is 4.68. The number of hydrogen-bond donors (Lipinski definition) is 1. The van der Waals surface area contributed by atoms with E-state index in [1.165, 1.54) is 23.5 Å². The first kappa shape index (κ1) is 19.4. The van der Waals surface area contributed by atoms with Crippen molar-refractivity contribution in [3.63, 3.8) is 0 Å². The molecule has 5 rings (SSSR count). The molecule has 1 N–H and O–H groups in total. The molecule has 26 heavy (non-hydrogen) atoms. The Morgan fingerprint density at radius 1 is 1.19 bits per heavy atom. The highest BCUT2D eigenvalue weighted by Crippen LogP contribution is 2.35. The lowest BCUT2D eigenvalue weighted by Crippen LogP contribution is -2.46. The molecule has 0 saturated carbocycles. The molecule has 2 aromatic rings. The minimum absolute atomic E-state index is 0. The average molecular weight is 398 g/mol. The van der Waals surface area contributed by atoms with Crippen LogP contribution in [0, 0.1) is 5.92 Å². The van der Waals surface area contributed by atoms with Crippen LogP contribution in [0.25, 0.3) is 0 Å². The topological polar surface area (TPSA) is 55.1 Å². The number of hydrogen-bond acceptors (Lipinski definition) is 4. The normalized spacial score (nSPS) is 24.0. The Morgan fingerprint density at radius 3 is 2.92 bits per heavy atom. The Morgan fingerprint density at radius 2 is 2.08 bits per heavy atom. The molecule has 2 aromatic heterocycles. The van der Waals surface area contributed by atoms with Gasteiger partial charge in [0.15, 0.2) is 0 Å². The van der Waals surface area contributed by atoms with Gasteiger partial charge in [-0.1, -0.05) is 6.07 Å². The lowest BCUT2D eigenvalue weighted by Gasteiger charge is -2.42. The predicted octanol–water partition coefficient (Wildman–Crippen LogP) is 1.61. The molecular weight excluding hydrogens is 373 g/mol. The van der Waals surface area contributed by atoms with E-state index in [1.807, 2.05) is 10.6 Å². The molecule has 5 heterocycles. The smallest absolute Gasteiger partial charge is 0.250 e. The molecule has 142 valence electrons. The van der Waals surface area contributed by atoms with E-state index in [-0.39, 0.29) is 30.4 Å². The zero-order chi connectivity index (χ0) is 16.1. The van der Waals surface area contributed by atoms with Gasteiger partial charge < -0.3 is 9.88 Å². The van der Waals surface area contributed by atoms with E-state index in [1.54, 1.807) is 6.07 Å². The number of likely N-dealkylation sites (tertiary alicyclic amines) is 1. The minimum Gasteiger partial charge on any atom is -0.312 e. The van der Waals surface area contributed by atoms with Crippen LogP contribution in [0.15, 0.2) is 29.1 Å². The first-order valence-corrected chi connectivity index (χ1v) is 8.95. The van der Waals surface area contributed by atoms with Gasteiger partial charge in [0.2, 0.25) is 0 Å². The van der Waals surface area contributed by atoms with E-state index < -0.39 is 0 Å². The van der Waals surface area contributed by atoms with E-state index in [9.17, 15) is 4.79 Å². The fourth-order valence-corrected chi connectivity index (χ4v) is 4.68. The minimum atomic E-state index is 0. The zero-order valence-electron chi connectivity index (χ0n) is 14.6. The van der Waals surface area contributed by atoms with Crippen molar-refractivity contribution in [1.29, 1.82) is 0 Å². The maximum absolute atomic E-state index is 12.1. The van der Waals surface area contributed by atoms with Crippen molar-refractivity contribution in [2.24, 2.45) is 5.92 Å². The Balaban J connectivity index is 0.000000980. The Labute approximate surface area is 165 Å². The van der Waals surface area contributed by atoms with Crippen molar-refractivity contribution in [2.45, 2.75) is 38.5 Å². The number of pyridine rings is 1. The predicted molar refractivity (Wildman–Crippen MR) is 105 cm³/mol. The molecule has 2 atom stereocenters. The number of fused-ring (bicyclic) bond motifs is 5. The number of nitrogens with zero attached hydrogens (tertiary/aromatic N) is 4. The van der Waals surface area contributed by atoms with Crippen LogP contribution >= 0.6 is 24.8 Å². The van der Waals surface area contributed by atoms with Crippen LogP contribution in [0.3, 0.4) is 0 Å². The molecule has 0 amide bonds. The molecule has 0 aliphatic carbocycles. The fraction of sp³-hybridized carbons (Fsp3) is 0.556. The van der Waals surface area contributed by atoms with Crippen molar-refractivity contribution in [1.82, 2.24) is 24.6 Å². The molecular formula is C18H25Cl2N5O. The molecule has 0 aromatic carbocycles. The highest BCUT2D eigenvalue weighted by Gasteiger charge is 2.34. The van der Waals surface area contributed by atoms with E-state index in [4.69, 9.17) is 5.10 Å². The number of nitrogens with one attached hydrogen (secondary N) is 1. The largest absolute Gasteiger partial charge is 0.312 e. The summed E-state index contributed by atoms with van der Waals surface area (Å²) in [5, 5.41) is 8.18. The number of piperidine rings is 1. The van der Waals surface area contributed by atoms with Crippen LogP contribution in [-0.2, 0) is 26.2 Å². The summed E-state index contributed by atoms with van der Waals surface area (Å²) in [6.45, 7) is 6.78. The van der Waals surface area contributed by atoms with Gasteiger partial charge in [0.05, 0.1) is 17.9 Å². The lowest BCUT2D eigenvalue weighted by molar-refractivity contribution is 0.113. The SMILES string of the molecule is Cl.Cl.O=c1cccc2n1CC1CC2CN(Cc2cc3n(n2)CCNC3)C1. The van der Waals surface area contributed by atoms with Crippen molar-refractivity contribution in [3.8, 4) is 0 Å². The van der Waals surface area contributed by atoms with Gasteiger partial charge in [-0.15, -0.1) is 24.8 Å². The van der Waals surface area contributed by atoms with E-state index >= 15 is 0 Å². The molecule has 0 radical (unpaired) electrons. The quantitative estimate of drug-likeness (QED) is 0.836. The van der Waals surface area contributed by atoms with Gasteiger partial charge in [-0.25, -0.2) is 0 Å². The van der Waals surface area contributed by atoms with E-state index in [2.05, 4.69) is 27.0 Å². The Kier molecular flexibility index (Phi) is 5.77. The summed E-state index contributed by atoms with van der Waals surface area (Å²) < 4.78 is 4.14. The molecule has 2 unspecified atom stereocenters. The lowest BCUT2D eigenvalue weighted by atomic mass is 9.83. The van der Waals surface area contributed by atoms with Crippen LogP contribution in [0.2, 0.25) is 0 Å². The molecule has 2 bridgehead atoms. The number of rotatable bonds is 2. The van der Waals surface area contributed by atoms with E-state index in [0.717, 1.165) is 45.8 Å². The first-order chi connectivity index (χ1) is 11.8. The average Bonchev–Trinajstić information content (AvgIpc) is 2.98. The summed E-state index contributed by atoms with van der Waals surface area (Å²) in [6.07, 6.45) is 1.21. The first-order valence-electron chi connectivity index (χ1n) is 8.95. The molecule has 8 heteroatoms. The summed E-state index contributed by atoms with van der Waals surface area (Å²) in [7, 11) is 0. The third-order valence-corrected chi connectivity index (χ3v) is 5.66. The summed E-state index contributed by atoms with van der Waals surface area (Å²) in [6, 6.07) is 7.97. The molecule has 6 nitrogen and oxygen atoms in total. The molecule has 1 saturated heterocycles. The second kappa shape index (κ2) is 7.72. The third-order valence-electron chi connectivity index (χ3n) is 5.66. The van der Waals surface area contributed by atoms with Gasteiger partial charge in [-0.05, 0) is 24.5 Å². The standard InChI is InChI=1S/C18H23N5O.2ClH/c24-18-3-1-2-17-14-6-13(10-22(17)18)9-21(11-14)12-15-7-16-8-19-4-5-23(16)20-15;;/h1-3,7,13-14,19H,4-6,8-12H2;2*1H. The van der Waals surface area contributed by atoms with Crippen LogP contribution in [0.5, 0.6) is 0 Å². The molecule has 3 aliphatic heterocycles. The summed E-state index contributed by atoms with van der Waals surface area (Å²) >= 11 is 0. The highest BCUT2D eigenvalue weighted by atomic mass is 35.5. The van der Waals surface area contributed by atoms with Crippen LogP contribution < -0.4 is 10.9 Å². The second-order valence-corrected chi connectivity index (χ2v) is 7.42. The maximum atomic E-state index is 12.1. The Hall–Kier alpha value is -1.34. The summed E-state index contributed by atoms with van der Waals surface area (Å²) in [4.78, 5) is 14.6. The van der Waals surface area contributed by atoms with Gasteiger partial charge in [-0.2, -0.15) is 5.10 Å². The molecule has 1 fully saturated rings.